The number of likely N-dealkylation sites (N-methyl/N-ethyl adjacent to an activating group) is 1. The maximum Gasteiger partial charge on any atom is 0.311 e. The Morgan fingerprint density at radius 1 is 0.917 bits per heavy atom. The second-order valence-corrected chi connectivity index (χ2v) is 18.1. The van der Waals surface area contributed by atoms with Gasteiger partial charge in [0.25, 0.3) is 0 Å². The van der Waals surface area contributed by atoms with Gasteiger partial charge in [-0.25, -0.2) is 0 Å². The van der Waals surface area contributed by atoms with Gasteiger partial charge in [0, 0.05) is 18.8 Å². The Balaban J connectivity index is 1.38. The summed E-state index contributed by atoms with van der Waals surface area (Å²) in [6.45, 7) is 16.9. The molecule has 330 valence electrons. The Labute approximate surface area is 355 Å². The third-order valence-corrected chi connectivity index (χ3v) is 13.1. The van der Waals surface area contributed by atoms with Crippen molar-refractivity contribution in [2.24, 2.45) is 28.8 Å². The van der Waals surface area contributed by atoms with Crippen molar-refractivity contribution in [2.45, 2.75) is 148 Å². The zero-order valence-corrected chi connectivity index (χ0v) is 37.3. The number of rotatable bonds is 9. The topological polar surface area (TPSA) is 141 Å². The molecule has 2 aromatic carbocycles. The van der Waals surface area contributed by atoms with Gasteiger partial charge >= 0.3 is 11.9 Å². The van der Waals surface area contributed by atoms with Gasteiger partial charge in [-0.3, -0.25) is 14.4 Å². The lowest BCUT2D eigenvalue weighted by Gasteiger charge is -2.48. The number of Topliss-reactive ketones (excluding diaryl/α,β-unsaturated/α-hetero) is 1. The number of cyclic esters (lactones) is 1. The van der Waals surface area contributed by atoms with Crippen LogP contribution >= 0.6 is 0 Å². The van der Waals surface area contributed by atoms with Crippen molar-refractivity contribution in [1.82, 2.24) is 4.90 Å². The molecule has 4 fully saturated rings. The Kier molecular flexibility index (Phi) is 14.6. The number of oxime groups is 1. The summed E-state index contributed by atoms with van der Waals surface area (Å²) in [6.07, 6.45) is -3.52. The standard InChI is InChI=1S/C47H66N2O11/c1-12-38-47(9)42(51)29(4)39(60-47)27(2)23-46(8)43(59-45-41(57-32(7)50)37(49(10)11)22-28(3)56-45)30(5)40(31(6)44(52)58-38)53-25-36(26-54-46)48-55-24-33-18-20-35(21-19-33)34-16-14-13-15-17-34/h13-21,27-31,37-41,43,45H,12,22-26H2,1-11H3/b48-36+/t27-,28-,29?,30-,31-,37+,38-,39?,40+,41-,43-,45+,46-,47?/m1/s1. The van der Waals surface area contributed by atoms with E-state index in [1.165, 1.54) is 6.92 Å². The van der Waals surface area contributed by atoms with Gasteiger partial charge in [-0.1, -0.05) is 87.4 Å². The number of ether oxygens (including phenoxy) is 7. The molecule has 13 heteroatoms. The monoisotopic (exact) mass is 834 g/mol. The second-order valence-electron chi connectivity index (χ2n) is 18.1. The minimum Gasteiger partial charge on any atom is -0.459 e. The number of fused-ring (bicyclic) bond motifs is 5. The lowest BCUT2D eigenvalue weighted by molar-refractivity contribution is -0.305. The van der Waals surface area contributed by atoms with Gasteiger partial charge in [0.2, 0.25) is 0 Å². The van der Waals surface area contributed by atoms with Crippen molar-refractivity contribution in [3.63, 3.8) is 0 Å². The van der Waals surface area contributed by atoms with Crippen molar-refractivity contribution in [2.75, 3.05) is 27.3 Å². The number of esters is 2. The molecule has 60 heavy (non-hydrogen) atoms. The van der Waals surface area contributed by atoms with E-state index in [0.29, 0.717) is 25.0 Å². The van der Waals surface area contributed by atoms with E-state index in [1.807, 2.05) is 83.9 Å². The van der Waals surface area contributed by atoms with E-state index >= 15 is 0 Å². The molecule has 0 spiro atoms. The predicted molar refractivity (Wildman–Crippen MR) is 225 cm³/mol. The summed E-state index contributed by atoms with van der Waals surface area (Å²) in [5, 5.41) is 4.55. The largest absolute Gasteiger partial charge is 0.459 e. The van der Waals surface area contributed by atoms with E-state index in [4.69, 9.17) is 38.0 Å². The summed E-state index contributed by atoms with van der Waals surface area (Å²) in [6, 6.07) is 18.1. The summed E-state index contributed by atoms with van der Waals surface area (Å²) in [5.41, 5.74) is 1.19. The summed E-state index contributed by atoms with van der Waals surface area (Å²) in [7, 11) is 3.88. The van der Waals surface area contributed by atoms with Crippen LogP contribution in [0.3, 0.4) is 0 Å². The summed E-state index contributed by atoms with van der Waals surface area (Å²) >= 11 is 0. The number of hydrogen-bond donors (Lipinski definition) is 0. The number of benzene rings is 2. The fraction of sp³-hybridized carbons (Fsp3) is 0.660. The fourth-order valence-electron chi connectivity index (χ4n) is 9.87. The van der Waals surface area contributed by atoms with E-state index in [0.717, 1.165) is 16.7 Å². The predicted octanol–water partition coefficient (Wildman–Crippen LogP) is 6.78. The molecule has 0 amide bonds. The van der Waals surface area contributed by atoms with Gasteiger partial charge in [-0.15, -0.1) is 0 Å². The van der Waals surface area contributed by atoms with Gasteiger partial charge in [0.15, 0.2) is 23.8 Å². The first-order valence-electron chi connectivity index (χ1n) is 21.6. The molecular formula is C47H66N2O11. The molecule has 0 aromatic heterocycles. The van der Waals surface area contributed by atoms with Crippen molar-refractivity contribution < 1.29 is 52.4 Å². The highest BCUT2D eigenvalue weighted by atomic mass is 16.7. The normalized spacial score (nSPS) is 38.5. The minimum absolute atomic E-state index is 0.00381. The SMILES string of the molecule is CC[C@H]1OC(=O)[C@H](C)[C@H]2OC/C(=N\OCc3ccc(-c4ccccc4)cc3)CO[C@](C)(C[C@@H](C)C3OC1(C)C(=O)C3C)[C@H](O[C@@H]1O[C@H](C)C[C@H](N(C)C)[C@H]1OC(C)=O)[C@@H]2C. The number of hydrogen-bond acceptors (Lipinski definition) is 13. The summed E-state index contributed by atoms with van der Waals surface area (Å²) in [4.78, 5) is 48.9. The zero-order valence-electron chi connectivity index (χ0n) is 37.3. The van der Waals surface area contributed by atoms with E-state index in [2.05, 4.69) is 36.3 Å². The van der Waals surface area contributed by atoms with Gasteiger partial charge in [0.05, 0.1) is 55.2 Å². The molecule has 6 rings (SSSR count). The van der Waals surface area contributed by atoms with Crippen LogP contribution in [0.25, 0.3) is 11.1 Å². The molecule has 0 N–H and O–H groups in total. The first-order chi connectivity index (χ1) is 28.4. The molecule has 0 radical (unpaired) electrons. The van der Waals surface area contributed by atoms with Gasteiger partial charge in [-0.05, 0) is 83.7 Å². The first kappa shape index (κ1) is 45.8. The summed E-state index contributed by atoms with van der Waals surface area (Å²) in [5.74, 6) is -3.14. The van der Waals surface area contributed by atoms with Crippen LogP contribution in [-0.2, 0) is 59.0 Å². The first-order valence-corrected chi connectivity index (χ1v) is 21.6. The van der Waals surface area contributed by atoms with E-state index in [9.17, 15) is 14.4 Å². The van der Waals surface area contributed by atoms with Crippen LogP contribution < -0.4 is 0 Å². The van der Waals surface area contributed by atoms with Crippen molar-refractivity contribution in [1.29, 1.82) is 0 Å². The molecule has 2 aromatic rings. The molecule has 0 aliphatic carbocycles. The molecule has 4 saturated heterocycles. The molecule has 4 aliphatic rings. The van der Waals surface area contributed by atoms with Crippen molar-refractivity contribution in [3.8, 4) is 11.1 Å². The lowest BCUT2D eigenvalue weighted by atomic mass is 9.75. The van der Waals surface area contributed by atoms with Crippen LogP contribution in [0, 0.1) is 23.7 Å². The Morgan fingerprint density at radius 2 is 1.60 bits per heavy atom. The van der Waals surface area contributed by atoms with Gasteiger partial charge in [-0.2, -0.15) is 0 Å². The van der Waals surface area contributed by atoms with Crippen LogP contribution in [0.4, 0.5) is 0 Å². The van der Waals surface area contributed by atoms with Crippen molar-refractivity contribution >= 4 is 23.4 Å². The molecule has 4 aliphatic heterocycles. The summed E-state index contributed by atoms with van der Waals surface area (Å²) < 4.78 is 46.3. The van der Waals surface area contributed by atoms with Crippen LogP contribution in [0.15, 0.2) is 59.8 Å². The Bertz CT molecular complexity index is 1820. The third kappa shape index (κ3) is 9.82. The Morgan fingerprint density at radius 3 is 2.25 bits per heavy atom. The van der Waals surface area contributed by atoms with Crippen LogP contribution in [0.5, 0.6) is 0 Å². The maximum atomic E-state index is 14.3. The smallest absolute Gasteiger partial charge is 0.311 e. The maximum absolute atomic E-state index is 14.3. The van der Waals surface area contributed by atoms with E-state index < -0.39 is 77.7 Å². The molecule has 14 atom stereocenters. The third-order valence-electron chi connectivity index (χ3n) is 13.1. The molecule has 4 heterocycles. The molecular weight excluding hydrogens is 769 g/mol. The van der Waals surface area contributed by atoms with Gasteiger partial charge < -0.3 is 42.9 Å². The molecule has 0 saturated carbocycles. The molecule has 4 bridgehead atoms. The second kappa shape index (κ2) is 19.1. The zero-order chi connectivity index (χ0) is 43.5. The average Bonchev–Trinajstić information content (AvgIpc) is 3.47. The van der Waals surface area contributed by atoms with Crippen LogP contribution in [0.2, 0.25) is 0 Å². The van der Waals surface area contributed by atoms with E-state index in [1.54, 1.807) is 13.8 Å². The highest BCUT2D eigenvalue weighted by Crippen LogP contribution is 2.45. The molecule has 13 nitrogen and oxygen atoms in total. The highest BCUT2D eigenvalue weighted by molar-refractivity contribution is 5.92. The minimum atomic E-state index is -1.33. The fourth-order valence-corrected chi connectivity index (χ4v) is 9.87. The lowest BCUT2D eigenvalue weighted by Crippen LogP contribution is -2.60. The average molecular weight is 835 g/mol. The number of nitrogens with zero attached hydrogens (tertiary/aromatic N) is 2. The van der Waals surface area contributed by atoms with Crippen molar-refractivity contribution in [3.05, 3.63) is 60.2 Å². The number of carbonyl (C=O) groups is 3. The van der Waals surface area contributed by atoms with E-state index in [-0.39, 0.29) is 43.7 Å². The van der Waals surface area contributed by atoms with Crippen LogP contribution in [-0.4, -0.2) is 116 Å². The Hall–Kier alpha value is -3.72. The molecule has 3 unspecified atom stereocenters. The van der Waals surface area contributed by atoms with Crippen LogP contribution in [0.1, 0.15) is 87.1 Å². The number of ketones is 1. The quantitative estimate of drug-likeness (QED) is 0.194. The highest BCUT2D eigenvalue weighted by Gasteiger charge is 2.59. The number of carbonyl (C=O) groups excluding carboxylic acids is 3. The van der Waals surface area contributed by atoms with Gasteiger partial charge in [0.1, 0.15) is 18.4 Å².